The largest absolute Gasteiger partial charge is 0.416 e. The first-order valence-corrected chi connectivity index (χ1v) is 11.3. The fourth-order valence-electron chi connectivity index (χ4n) is 5.23. The van der Waals surface area contributed by atoms with Gasteiger partial charge in [-0.25, -0.2) is 0 Å². The molecule has 3 heterocycles. The molecule has 2 aliphatic rings. The number of halogens is 3. The van der Waals surface area contributed by atoms with Gasteiger partial charge in [0.25, 0.3) is 0 Å². The van der Waals surface area contributed by atoms with Crippen LogP contribution in [0, 0.1) is 28.1 Å². The molecule has 4 nitrogen and oxygen atoms in total. The van der Waals surface area contributed by atoms with Crippen LogP contribution < -0.4 is 0 Å². The lowest BCUT2D eigenvalue weighted by atomic mass is 9.67. The molecule has 8 heteroatoms. The highest BCUT2D eigenvalue weighted by molar-refractivity contribution is 7.12. The number of carbonyl (C=O) groups excluding carboxylic acids is 1. The lowest BCUT2D eigenvalue weighted by Crippen LogP contribution is -2.38. The van der Waals surface area contributed by atoms with Crippen LogP contribution in [0.25, 0.3) is 6.08 Å². The summed E-state index contributed by atoms with van der Waals surface area (Å²) in [5.74, 6) is -1.76. The van der Waals surface area contributed by atoms with Crippen LogP contribution in [0.4, 0.5) is 13.2 Å². The maximum atomic E-state index is 14.1. The molecule has 0 radical (unpaired) electrons. The molecule has 0 bridgehead atoms. The summed E-state index contributed by atoms with van der Waals surface area (Å²) in [6.07, 6.45) is -1.33. The molecule has 2 aromatic carbocycles. The molecular formula is C26H16F3N3OS. The quantitative estimate of drug-likeness (QED) is 0.425. The van der Waals surface area contributed by atoms with Crippen LogP contribution >= 0.6 is 11.3 Å². The Morgan fingerprint density at radius 2 is 1.65 bits per heavy atom. The Hall–Kier alpha value is -3.88. The van der Waals surface area contributed by atoms with E-state index < -0.39 is 40.9 Å². The van der Waals surface area contributed by atoms with Crippen molar-refractivity contribution in [3.8, 4) is 12.1 Å². The average molecular weight is 475 g/mol. The Morgan fingerprint density at radius 3 is 2.29 bits per heavy atom. The molecule has 34 heavy (non-hydrogen) atoms. The number of thiophene rings is 1. The fourth-order valence-corrected chi connectivity index (χ4v) is 5.93. The number of Topliss-reactive ketones (excluding diaryl/α,β-unsaturated/α-hetero) is 1. The van der Waals surface area contributed by atoms with Gasteiger partial charge in [0.2, 0.25) is 0 Å². The highest BCUT2D eigenvalue weighted by Crippen LogP contribution is 2.61. The van der Waals surface area contributed by atoms with E-state index in [1.807, 2.05) is 6.07 Å². The molecule has 2 aliphatic heterocycles. The van der Waals surface area contributed by atoms with Crippen molar-refractivity contribution in [2.45, 2.75) is 24.2 Å². The fraction of sp³-hybridized carbons (Fsp3) is 0.192. The highest BCUT2D eigenvalue weighted by Gasteiger charge is 2.64. The van der Waals surface area contributed by atoms with Crippen molar-refractivity contribution >= 4 is 23.2 Å². The van der Waals surface area contributed by atoms with Gasteiger partial charge in [-0.2, -0.15) is 23.7 Å². The summed E-state index contributed by atoms with van der Waals surface area (Å²) in [5, 5.41) is 22.6. The van der Waals surface area contributed by atoms with Gasteiger partial charge in [0.1, 0.15) is 6.04 Å². The van der Waals surface area contributed by atoms with E-state index in [1.165, 1.54) is 29.5 Å². The number of ketones is 1. The minimum absolute atomic E-state index is 0.228. The predicted octanol–water partition coefficient (Wildman–Crippen LogP) is 6.18. The van der Waals surface area contributed by atoms with E-state index in [2.05, 4.69) is 12.1 Å². The zero-order chi connectivity index (χ0) is 24.1. The molecule has 0 saturated carbocycles. The molecule has 168 valence electrons. The van der Waals surface area contributed by atoms with Crippen LogP contribution in [0.5, 0.6) is 0 Å². The minimum Gasteiger partial charge on any atom is -0.357 e. The standard InChI is InChI=1S/C26H16F3N3OS/c27-26(28,29)19-9-4-3-8-18(19)21-22(23(33)20-10-5-13-34-20)32-12-11-16-6-1-2-7-17(16)24(32)25(21,14-30)15-31/h1-13,21-22,24H/t21-,22+,24-/m0/s1. The van der Waals surface area contributed by atoms with Crippen molar-refractivity contribution in [1.82, 2.24) is 4.90 Å². The third-order valence-electron chi connectivity index (χ3n) is 6.58. The van der Waals surface area contributed by atoms with Crippen LogP contribution in [0.1, 0.15) is 43.9 Å². The number of alkyl halides is 3. The van der Waals surface area contributed by atoms with E-state index in [1.54, 1.807) is 52.9 Å². The first-order chi connectivity index (χ1) is 16.3. The van der Waals surface area contributed by atoms with Crippen LogP contribution in [-0.2, 0) is 6.18 Å². The van der Waals surface area contributed by atoms with Gasteiger partial charge in [-0.15, -0.1) is 11.3 Å². The molecule has 1 fully saturated rings. The van der Waals surface area contributed by atoms with Crippen molar-refractivity contribution in [2.75, 3.05) is 0 Å². The van der Waals surface area contributed by atoms with E-state index in [0.29, 0.717) is 10.4 Å². The maximum Gasteiger partial charge on any atom is 0.416 e. The Kier molecular flexibility index (Phi) is 5.07. The predicted molar refractivity (Wildman–Crippen MR) is 120 cm³/mol. The molecule has 3 aromatic rings. The normalized spacial score (nSPS) is 22.4. The molecular weight excluding hydrogens is 459 g/mol. The second kappa shape index (κ2) is 7.86. The molecule has 5 rings (SSSR count). The topological polar surface area (TPSA) is 67.9 Å². The van der Waals surface area contributed by atoms with Crippen LogP contribution in [0.2, 0.25) is 0 Å². The molecule has 3 atom stereocenters. The maximum absolute atomic E-state index is 14.1. The number of rotatable bonds is 3. The van der Waals surface area contributed by atoms with Crippen LogP contribution in [-0.4, -0.2) is 16.7 Å². The number of benzene rings is 2. The molecule has 0 amide bonds. The second-order valence-corrected chi connectivity index (χ2v) is 9.18. The first-order valence-electron chi connectivity index (χ1n) is 10.4. The second-order valence-electron chi connectivity index (χ2n) is 8.24. The van der Waals surface area contributed by atoms with Crippen molar-refractivity contribution < 1.29 is 18.0 Å². The number of fused-ring (bicyclic) bond motifs is 3. The van der Waals surface area contributed by atoms with E-state index in [9.17, 15) is 28.5 Å². The molecule has 1 aromatic heterocycles. The third-order valence-corrected chi connectivity index (χ3v) is 7.46. The van der Waals surface area contributed by atoms with Crippen molar-refractivity contribution in [3.05, 3.63) is 99.4 Å². The zero-order valence-electron chi connectivity index (χ0n) is 17.5. The number of nitrogens with zero attached hydrogens (tertiary/aromatic N) is 3. The van der Waals surface area contributed by atoms with Crippen molar-refractivity contribution in [2.24, 2.45) is 5.41 Å². The van der Waals surface area contributed by atoms with Gasteiger partial charge in [0.15, 0.2) is 11.2 Å². The Balaban J connectivity index is 1.83. The zero-order valence-corrected chi connectivity index (χ0v) is 18.3. The molecule has 0 unspecified atom stereocenters. The molecule has 1 saturated heterocycles. The summed E-state index contributed by atoms with van der Waals surface area (Å²) in [6.45, 7) is 0. The molecule has 0 N–H and O–H groups in total. The number of hydrogen-bond donors (Lipinski definition) is 0. The van der Waals surface area contributed by atoms with Crippen LogP contribution in [0.15, 0.2) is 72.2 Å². The van der Waals surface area contributed by atoms with Gasteiger partial charge in [-0.3, -0.25) is 4.79 Å². The highest BCUT2D eigenvalue weighted by atomic mass is 32.1. The Labute approximate surface area is 197 Å². The van der Waals surface area contributed by atoms with E-state index >= 15 is 0 Å². The van der Waals surface area contributed by atoms with E-state index in [4.69, 9.17) is 0 Å². The lowest BCUT2D eigenvalue weighted by Gasteiger charge is -2.34. The van der Waals surface area contributed by atoms with E-state index in [-0.39, 0.29) is 5.56 Å². The Bertz CT molecular complexity index is 1370. The summed E-state index contributed by atoms with van der Waals surface area (Å²) >= 11 is 1.18. The SMILES string of the molecule is N#CC1(C#N)[C@@H]2c3ccccc3C=CN2[C@@H](C(=O)c2cccs2)[C@@H]1c1ccccc1C(F)(F)F. The van der Waals surface area contributed by atoms with Gasteiger partial charge in [-0.1, -0.05) is 48.5 Å². The first kappa shape index (κ1) is 21.9. The number of carbonyl (C=O) groups is 1. The summed E-state index contributed by atoms with van der Waals surface area (Å²) in [6, 6.07) is 17.4. The smallest absolute Gasteiger partial charge is 0.357 e. The van der Waals surface area contributed by atoms with Gasteiger partial charge in [0.05, 0.1) is 28.6 Å². The molecule has 0 aliphatic carbocycles. The number of hydrogen-bond acceptors (Lipinski definition) is 5. The van der Waals surface area contributed by atoms with Crippen molar-refractivity contribution in [1.29, 1.82) is 10.5 Å². The van der Waals surface area contributed by atoms with Gasteiger partial charge in [0, 0.05) is 12.1 Å². The van der Waals surface area contributed by atoms with Crippen molar-refractivity contribution in [3.63, 3.8) is 0 Å². The Morgan fingerprint density at radius 1 is 0.971 bits per heavy atom. The van der Waals surface area contributed by atoms with Crippen LogP contribution in [0.3, 0.4) is 0 Å². The average Bonchev–Trinajstić information content (AvgIpc) is 3.48. The summed E-state index contributed by atoms with van der Waals surface area (Å²) in [7, 11) is 0. The van der Waals surface area contributed by atoms with Gasteiger partial charge < -0.3 is 4.90 Å². The summed E-state index contributed by atoms with van der Waals surface area (Å²) in [5.41, 5.74) is -1.74. The monoisotopic (exact) mass is 475 g/mol. The number of nitriles is 2. The lowest BCUT2D eigenvalue weighted by molar-refractivity contribution is -0.138. The van der Waals surface area contributed by atoms with Gasteiger partial charge >= 0.3 is 6.18 Å². The van der Waals surface area contributed by atoms with Gasteiger partial charge in [-0.05, 0) is 40.3 Å². The summed E-state index contributed by atoms with van der Waals surface area (Å²) < 4.78 is 42.3. The van der Waals surface area contributed by atoms with E-state index in [0.717, 1.165) is 11.6 Å². The minimum atomic E-state index is -4.72. The summed E-state index contributed by atoms with van der Waals surface area (Å²) in [4.78, 5) is 15.7. The third kappa shape index (κ3) is 3.07. The molecule has 0 spiro atoms.